The highest BCUT2D eigenvalue weighted by Gasteiger charge is 2.31. The molecule has 0 radical (unpaired) electrons. The fraction of sp³-hybridized carbons (Fsp3) is 0.273. The smallest absolute Gasteiger partial charge is 0.315 e. The molecule has 4 rings (SSSR count). The molecule has 0 bridgehead atoms. The summed E-state index contributed by atoms with van der Waals surface area (Å²) < 4.78 is 32.0. The number of carbonyl (C=O) groups excluding carboxylic acids is 1. The second-order valence-electron chi connectivity index (χ2n) is 10.9. The molecule has 0 amide bonds. The molecule has 1 atom stereocenters. The number of ether oxygens (including phenoxy) is 1. The summed E-state index contributed by atoms with van der Waals surface area (Å²) in [6.45, 7) is 9.32. The number of benzene rings is 3. The van der Waals surface area contributed by atoms with Gasteiger partial charge in [-0.1, -0.05) is 26.0 Å². The van der Waals surface area contributed by atoms with Crippen molar-refractivity contribution < 1.29 is 28.4 Å². The summed E-state index contributed by atoms with van der Waals surface area (Å²) >= 11 is -1.08. The average Bonchev–Trinajstić information content (AvgIpc) is 3.08. The van der Waals surface area contributed by atoms with Crippen LogP contribution in [0, 0.1) is 19.7 Å². The molecule has 3 aromatic rings. The number of hydrogen-bond acceptors (Lipinski definition) is 4. The number of carbonyl (C=O) groups is 2. The number of aliphatic carboxylic acids is 1. The number of rotatable bonds is 8. The van der Waals surface area contributed by atoms with E-state index in [0.717, 1.165) is 38.3 Å². The quantitative estimate of drug-likeness (QED) is 0.178. The Balaban J connectivity index is 1.70. The Bertz CT molecular complexity index is 1550. The van der Waals surface area contributed by atoms with Crippen LogP contribution in [0.4, 0.5) is 4.39 Å². The maximum Gasteiger partial charge on any atom is 0.315 e. The Morgan fingerprint density at radius 3 is 2.33 bits per heavy atom. The lowest BCUT2D eigenvalue weighted by Crippen LogP contribution is -2.25. The maximum absolute atomic E-state index is 14.4. The number of allylic oxidation sites excluding steroid dienone is 2. The fourth-order valence-corrected chi connectivity index (χ4v) is 6.07. The number of halogens is 1. The predicted molar refractivity (Wildman–Crippen MR) is 157 cm³/mol. The molecule has 0 aliphatic heterocycles. The standard InChI is InChI=1S/C33H33FO5S/c1-19-13-20(2)32(33(4,5)18-30(35)36)29(14-19)39-31(37)17-27-21(3)26(25-12-9-23(34)16-28(25)27)15-22-7-10-24(11-8-22)40(6)38/h7-16H,17-18H2,1-6H3,(H,35,36). The fourth-order valence-electron chi connectivity index (χ4n) is 5.55. The molecule has 40 heavy (non-hydrogen) atoms. The highest BCUT2D eigenvalue weighted by molar-refractivity contribution is 7.90. The third kappa shape index (κ3) is 6.21. The average molecular weight is 561 g/mol. The van der Waals surface area contributed by atoms with Gasteiger partial charge in [0.1, 0.15) is 17.8 Å². The molecule has 0 saturated heterocycles. The molecule has 0 fully saturated rings. The number of carboxylic acids is 1. The van der Waals surface area contributed by atoms with Crippen LogP contribution in [0.2, 0.25) is 0 Å². The zero-order chi connectivity index (χ0) is 29.4. The minimum absolute atomic E-state index is 0.0842. The van der Waals surface area contributed by atoms with Crippen molar-refractivity contribution in [2.75, 3.05) is 6.26 Å². The molecule has 0 spiro atoms. The van der Waals surface area contributed by atoms with E-state index in [2.05, 4.69) is 0 Å². The summed E-state index contributed by atoms with van der Waals surface area (Å²) in [5, 5.41) is 9.47. The van der Waals surface area contributed by atoms with Gasteiger partial charge in [0.15, 0.2) is 4.90 Å². The molecule has 0 heterocycles. The van der Waals surface area contributed by atoms with E-state index in [4.69, 9.17) is 4.74 Å². The first kappa shape index (κ1) is 29.3. The minimum Gasteiger partial charge on any atom is -0.612 e. The van der Waals surface area contributed by atoms with Crippen molar-refractivity contribution in [3.05, 3.63) is 99.4 Å². The molecule has 0 aromatic heterocycles. The van der Waals surface area contributed by atoms with E-state index < -0.39 is 34.3 Å². The number of aryl methyl sites for hydroxylation is 2. The molecular formula is C33H33FO5S. The summed E-state index contributed by atoms with van der Waals surface area (Å²) in [6.07, 6.45) is 3.39. The lowest BCUT2D eigenvalue weighted by molar-refractivity contribution is -0.138. The summed E-state index contributed by atoms with van der Waals surface area (Å²) in [4.78, 5) is 25.7. The normalized spacial score (nSPS) is 14.8. The van der Waals surface area contributed by atoms with Crippen LogP contribution in [0.15, 0.2) is 65.1 Å². The molecular weight excluding hydrogens is 527 g/mol. The van der Waals surface area contributed by atoms with Gasteiger partial charge in [0, 0.05) is 11.0 Å². The van der Waals surface area contributed by atoms with Gasteiger partial charge in [0.25, 0.3) is 0 Å². The largest absolute Gasteiger partial charge is 0.612 e. The second kappa shape index (κ2) is 11.4. The topological polar surface area (TPSA) is 86.7 Å². The molecule has 1 N–H and O–H groups in total. The first-order valence-electron chi connectivity index (χ1n) is 13.0. The number of hydrogen-bond donors (Lipinski definition) is 1. The zero-order valence-electron chi connectivity index (χ0n) is 23.6. The van der Waals surface area contributed by atoms with Gasteiger partial charge in [0.05, 0.1) is 12.8 Å². The molecule has 3 aromatic carbocycles. The SMILES string of the molecule is CC1=C(CC(=O)Oc2cc(C)cc(C)c2C(C)(C)CC(=O)O)c2cc(F)ccc2C1=Cc1ccc([S+](C)[O-])cc1. The highest BCUT2D eigenvalue weighted by atomic mass is 32.2. The molecule has 1 unspecified atom stereocenters. The molecule has 0 saturated carbocycles. The Labute approximate surface area is 237 Å². The minimum atomic E-state index is -1.08. The van der Waals surface area contributed by atoms with E-state index in [0.29, 0.717) is 22.4 Å². The van der Waals surface area contributed by atoms with Gasteiger partial charge >= 0.3 is 11.9 Å². The first-order chi connectivity index (χ1) is 18.8. The van der Waals surface area contributed by atoms with E-state index in [1.54, 1.807) is 18.4 Å². The number of fused-ring (bicyclic) bond motifs is 1. The van der Waals surface area contributed by atoms with E-state index in [9.17, 15) is 23.6 Å². The van der Waals surface area contributed by atoms with Crippen LogP contribution >= 0.6 is 0 Å². The maximum atomic E-state index is 14.4. The van der Waals surface area contributed by atoms with E-state index >= 15 is 0 Å². The summed E-state index contributed by atoms with van der Waals surface area (Å²) in [5.74, 6) is -1.52. The van der Waals surface area contributed by atoms with Crippen molar-refractivity contribution in [2.45, 2.75) is 57.8 Å². The van der Waals surface area contributed by atoms with Crippen LogP contribution in [-0.2, 0) is 26.2 Å². The van der Waals surface area contributed by atoms with Crippen LogP contribution in [0.25, 0.3) is 17.2 Å². The van der Waals surface area contributed by atoms with Crippen molar-refractivity contribution in [2.24, 2.45) is 0 Å². The molecule has 1 aliphatic carbocycles. The van der Waals surface area contributed by atoms with E-state index in [1.165, 1.54) is 12.1 Å². The second-order valence-corrected chi connectivity index (χ2v) is 12.3. The van der Waals surface area contributed by atoms with Gasteiger partial charge in [0.2, 0.25) is 0 Å². The van der Waals surface area contributed by atoms with Crippen LogP contribution in [0.3, 0.4) is 0 Å². The van der Waals surface area contributed by atoms with Gasteiger partial charge in [-0.15, -0.1) is 0 Å². The molecule has 5 nitrogen and oxygen atoms in total. The summed E-state index contributed by atoms with van der Waals surface area (Å²) in [6, 6.07) is 15.6. The van der Waals surface area contributed by atoms with Crippen molar-refractivity contribution in [3.63, 3.8) is 0 Å². The van der Waals surface area contributed by atoms with E-state index in [1.807, 2.05) is 71.0 Å². The lowest BCUT2D eigenvalue weighted by Gasteiger charge is -2.28. The van der Waals surface area contributed by atoms with Gasteiger partial charge in [-0.05, 0) is 125 Å². The Morgan fingerprint density at radius 1 is 1.02 bits per heavy atom. The van der Waals surface area contributed by atoms with Gasteiger partial charge in [-0.3, -0.25) is 9.59 Å². The van der Waals surface area contributed by atoms with Crippen molar-refractivity contribution in [1.29, 1.82) is 0 Å². The van der Waals surface area contributed by atoms with Gasteiger partial charge in [-0.2, -0.15) is 0 Å². The number of carboxylic acid groups (broad SMARTS) is 1. The molecule has 208 valence electrons. The van der Waals surface area contributed by atoms with Crippen LogP contribution in [0.1, 0.15) is 67.0 Å². The third-order valence-electron chi connectivity index (χ3n) is 7.24. The number of esters is 1. The van der Waals surface area contributed by atoms with Crippen LogP contribution in [-0.4, -0.2) is 27.9 Å². The predicted octanol–water partition coefficient (Wildman–Crippen LogP) is 7.26. The Hall–Kier alpha value is -3.68. The lowest BCUT2D eigenvalue weighted by atomic mass is 9.78. The summed E-state index contributed by atoms with van der Waals surface area (Å²) in [7, 11) is 0. The zero-order valence-corrected chi connectivity index (χ0v) is 24.4. The monoisotopic (exact) mass is 560 g/mol. The summed E-state index contributed by atoms with van der Waals surface area (Å²) in [5.41, 5.74) is 6.38. The van der Waals surface area contributed by atoms with Crippen molar-refractivity contribution >= 4 is 40.3 Å². The highest BCUT2D eigenvalue weighted by Crippen LogP contribution is 2.44. The van der Waals surface area contributed by atoms with Crippen LogP contribution in [0.5, 0.6) is 5.75 Å². The molecule has 7 heteroatoms. The van der Waals surface area contributed by atoms with E-state index in [-0.39, 0.29) is 12.8 Å². The first-order valence-corrected chi connectivity index (χ1v) is 14.5. The Morgan fingerprint density at radius 2 is 1.70 bits per heavy atom. The molecule has 1 aliphatic rings. The van der Waals surface area contributed by atoms with Crippen molar-refractivity contribution in [1.82, 2.24) is 0 Å². The van der Waals surface area contributed by atoms with Gasteiger partial charge < -0.3 is 14.4 Å². The third-order valence-corrected chi connectivity index (χ3v) is 8.17. The Kier molecular flexibility index (Phi) is 8.38. The van der Waals surface area contributed by atoms with Crippen LogP contribution < -0.4 is 4.74 Å². The van der Waals surface area contributed by atoms with Gasteiger partial charge in [-0.25, -0.2) is 4.39 Å². The van der Waals surface area contributed by atoms with Crippen molar-refractivity contribution in [3.8, 4) is 5.75 Å².